The fraction of sp³-hybridized carbons (Fsp3) is 0.389. The van der Waals surface area contributed by atoms with E-state index in [-0.39, 0.29) is 10.7 Å². The molecule has 7 heteroatoms. The summed E-state index contributed by atoms with van der Waals surface area (Å²) in [5, 5.41) is 0. The Morgan fingerprint density at radius 3 is 2.36 bits per heavy atom. The summed E-state index contributed by atoms with van der Waals surface area (Å²) in [5.74, 6) is 0.402. The van der Waals surface area contributed by atoms with Crippen molar-refractivity contribution in [2.75, 3.05) is 25.0 Å². The molecule has 0 radical (unpaired) electrons. The Kier molecular flexibility index (Phi) is 5.34. The van der Waals surface area contributed by atoms with Crippen LogP contribution >= 0.6 is 0 Å². The number of aromatic nitrogens is 1. The Morgan fingerprint density at radius 1 is 1.08 bits per heavy atom. The molecule has 0 saturated carbocycles. The van der Waals surface area contributed by atoms with Gasteiger partial charge in [-0.15, -0.1) is 0 Å². The van der Waals surface area contributed by atoms with Gasteiger partial charge in [0.05, 0.1) is 0 Å². The summed E-state index contributed by atoms with van der Waals surface area (Å²) in [6.07, 6.45) is 4.31. The lowest BCUT2D eigenvalue weighted by atomic mass is 10.2. The first-order chi connectivity index (χ1) is 12.0. The second-order valence-corrected chi connectivity index (χ2v) is 8.24. The van der Waals surface area contributed by atoms with Crippen LogP contribution in [-0.4, -0.2) is 37.8 Å². The minimum Gasteiger partial charge on any atom is -0.355 e. The third-order valence-electron chi connectivity index (χ3n) is 4.40. The van der Waals surface area contributed by atoms with E-state index in [9.17, 15) is 12.8 Å². The van der Waals surface area contributed by atoms with Gasteiger partial charge in [0.25, 0.3) is 0 Å². The molecular formula is C18H22FN3O2S. The third kappa shape index (κ3) is 4.16. The molecule has 3 rings (SSSR count). The maximum Gasteiger partial charge on any atom is 0.244 e. The average molecular weight is 363 g/mol. The van der Waals surface area contributed by atoms with Crippen molar-refractivity contribution in [2.24, 2.45) is 0 Å². The molecule has 0 spiro atoms. The van der Waals surface area contributed by atoms with E-state index in [1.165, 1.54) is 22.6 Å². The molecular weight excluding hydrogens is 341 g/mol. The number of anilines is 1. The van der Waals surface area contributed by atoms with E-state index in [4.69, 9.17) is 0 Å². The maximum atomic E-state index is 13.0. The van der Waals surface area contributed by atoms with E-state index in [1.807, 2.05) is 11.9 Å². The number of hydrogen-bond acceptors (Lipinski definition) is 4. The summed E-state index contributed by atoms with van der Waals surface area (Å²) in [7, 11) is -1.59. The highest BCUT2D eigenvalue weighted by molar-refractivity contribution is 7.89. The SMILES string of the molecule is CN(Cc1ccc(F)cc1)c1ccc(S(=O)(=O)N2CCCCC2)cn1. The standard InChI is InChI=1S/C18H22FN3O2S/c1-21(14-15-5-7-16(19)8-6-15)18-10-9-17(13-20-18)25(23,24)22-11-3-2-4-12-22/h5-10,13H,2-4,11-12,14H2,1H3. The van der Waals surface area contributed by atoms with Crippen molar-refractivity contribution >= 4 is 15.8 Å². The Hall–Kier alpha value is -1.99. The minimum atomic E-state index is -3.46. The molecule has 134 valence electrons. The molecule has 0 bridgehead atoms. The highest BCUT2D eigenvalue weighted by Crippen LogP contribution is 2.22. The smallest absolute Gasteiger partial charge is 0.244 e. The molecule has 0 N–H and O–H groups in total. The number of rotatable bonds is 5. The van der Waals surface area contributed by atoms with Crippen LogP contribution in [0.25, 0.3) is 0 Å². The van der Waals surface area contributed by atoms with Crippen molar-refractivity contribution in [1.82, 2.24) is 9.29 Å². The van der Waals surface area contributed by atoms with Crippen LogP contribution in [0.5, 0.6) is 0 Å². The number of halogens is 1. The van der Waals surface area contributed by atoms with Crippen LogP contribution in [0.3, 0.4) is 0 Å². The maximum absolute atomic E-state index is 13.0. The lowest BCUT2D eigenvalue weighted by Crippen LogP contribution is -2.35. The van der Waals surface area contributed by atoms with E-state index in [0.29, 0.717) is 25.5 Å². The third-order valence-corrected chi connectivity index (χ3v) is 6.28. The van der Waals surface area contributed by atoms with Gasteiger partial charge in [0.2, 0.25) is 10.0 Å². The van der Waals surface area contributed by atoms with Crippen molar-refractivity contribution < 1.29 is 12.8 Å². The van der Waals surface area contributed by atoms with Gasteiger partial charge >= 0.3 is 0 Å². The van der Waals surface area contributed by atoms with Crippen molar-refractivity contribution in [3.05, 3.63) is 54.0 Å². The summed E-state index contributed by atoms with van der Waals surface area (Å²) < 4.78 is 39.8. The van der Waals surface area contributed by atoms with E-state index in [1.54, 1.807) is 24.3 Å². The molecule has 2 aromatic rings. The van der Waals surface area contributed by atoms with Gasteiger partial charge in [-0.2, -0.15) is 4.31 Å². The fourth-order valence-electron chi connectivity index (χ4n) is 2.95. The van der Waals surface area contributed by atoms with E-state index < -0.39 is 10.0 Å². The van der Waals surface area contributed by atoms with Crippen LogP contribution in [0.15, 0.2) is 47.5 Å². The number of benzene rings is 1. The first kappa shape index (κ1) is 17.8. The Bertz CT molecular complexity index is 801. The predicted octanol–water partition coefficient (Wildman–Crippen LogP) is 3.03. The van der Waals surface area contributed by atoms with Crippen LogP contribution in [0.1, 0.15) is 24.8 Å². The number of nitrogens with zero attached hydrogens (tertiary/aromatic N) is 3. The molecule has 5 nitrogen and oxygen atoms in total. The predicted molar refractivity (Wildman–Crippen MR) is 95.4 cm³/mol. The first-order valence-corrected chi connectivity index (χ1v) is 9.82. The van der Waals surface area contributed by atoms with Gasteiger partial charge in [0.1, 0.15) is 16.5 Å². The van der Waals surface area contributed by atoms with Crippen molar-refractivity contribution in [3.8, 4) is 0 Å². The quantitative estimate of drug-likeness (QED) is 0.819. The highest BCUT2D eigenvalue weighted by atomic mass is 32.2. The van der Waals surface area contributed by atoms with Crippen LogP contribution in [0.4, 0.5) is 10.2 Å². The zero-order valence-electron chi connectivity index (χ0n) is 14.2. The zero-order chi connectivity index (χ0) is 17.9. The molecule has 0 aliphatic carbocycles. The topological polar surface area (TPSA) is 53.5 Å². The van der Waals surface area contributed by atoms with Gasteiger partial charge in [-0.05, 0) is 42.7 Å². The van der Waals surface area contributed by atoms with Gasteiger partial charge in [0.15, 0.2) is 0 Å². The van der Waals surface area contributed by atoms with Gasteiger partial charge in [0, 0.05) is 32.9 Å². The molecule has 1 aromatic heterocycles. The lowest BCUT2D eigenvalue weighted by Gasteiger charge is -2.26. The molecule has 1 aliphatic heterocycles. The Labute approximate surface area is 148 Å². The molecule has 2 heterocycles. The first-order valence-electron chi connectivity index (χ1n) is 8.38. The highest BCUT2D eigenvalue weighted by Gasteiger charge is 2.26. The zero-order valence-corrected chi connectivity index (χ0v) is 15.0. The van der Waals surface area contributed by atoms with Crippen LogP contribution < -0.4 is 4.90 Å². The number of pyridine rings is 1. The van der Waals surface area contributed by atoms with E-state index in [0.717, 1.165) is 24.8 Å². The van der Waals surface area contributed by atoms with Crippen LogP contribution in [0, 0.1) is 5.82 Å². The summed E-state index contributed by atoms with van der Waals surface area (Å²) in [6.45, 7) is 1.72. The summed E-state index contributed by atoms with van der Waals surface area (Å²) in [5.41, 5.74) is 0.954. The van der Waals surface area contributed by atoms with Gasteiger partial charge < -0.3 is 4.90 Å². The lowest BCUT2D eigenvalue weighted by molar-refractivity contribution is 0.346. The van der Waals surface area contributed by atoms with E-state index in [2.05, 4.69) is 4.98 Å². The molecule has 1 saturated heterocycles. The summed E-state index contributed by atoms with van der Waals surface area (Å²) >= 11 is 0. The molecule has 0 atom stereocenters. The summed E-state index contributed by atoms with van der Waals surface area (Å²) in [4.78, 5) is 6.42. The van der Waals surface area contributed by atoms with Crippen molar-refractivity contribution in [3.63, 3.8) is 0 Å². The monoisotopic (exact) mass is 363 g/mol. The largest absolute Gasteiger partial charge is 0.355 e. The molecule has 1 aromatic carbocycles. The Balaban J connectivity index is 1.71. The average Bonchev–Trinajstić information content (AvgIpc) is 2.64. The number of piperidine rings is 1. The van der Waals surface area contributed by atoms with Crippen LogP contribution in [0.2, 0.25) is 0 Å². The Morgan fingerprint density at radius 2 is 1.76 bits per heavy atom. The minimum absolute atomic E-state index is 0.230. The van der Waals surface area contributed by atoms with Gasteiger partial charge in [-0.3, -0.25) is 0 Å². The summed E-state index contributed by atoms with van der Waals surface area (Å²) in [6, 6.07) is 9.60. The molecule has 0 amide bonds. The fourth-order valence-corrected chi connectivity index (χ4v) is 4.41. The molecule has 1 aliphatic rings. The second-order valence-electron chi connectivity index (χ2n) is 6.30. The number of sulfonamides is 1. The van der Waals surface area contributed by atoms with Crippen LogP contribution in [-0.2, 0) is 16.6 Å². The van der Waals surface area contributed by atoms with E-state index >= 15 is 0 Å². The second kappa shape index (κ2) is 7.49. The van der Waals surface area contributed by atoms with Crippen molar-refractivity contribution in [1.29, 1.82) is 0 Å². The molecule has 0 unspecified atom stereocenters. The normalized spacial score (nSPS) is 15.9. The van der Waals surface area contributed by atoms with Gasteiger partial charge in [-0.1, -0.05) is 18.6 Å². The number of hydrogen-bond donors (Lipinski definition) is 0. The molecule has 25 heavy (non-hydrogen) atoms. The van der Waals surface area contributed by atoms with Crippen molar-refractivity contribution in [2.45, 2.75) is 30.7 Å². The van der Waals surface area contributed by atoms with Gasteiger partial charge in [-0.25, -0.2) is 17.8 Å². The molecule has 1 fully saturated rings.